The molecular formula is C13H14FN3. The van der Waals surface area contributed by atoms with Crippen molar-refractivity contribution in [3.63, 3.8) is 0 Å². The number of halogens is 1. The van der Waals surface area contributed by atoms with Crippen LogP contribution in [0.15, 0.2) is 24.3 Å². The number of imidazole rings is 1. The van der Waals surface area contributed by atoms with Gasteiger partial charge in [-0.05, 0) is 31.9 Å². The fourth-order valence-corrected chi connectivity index (χ4v) is 2.20. The highest BCUT2D eigenvalue weighted by molar-refractivity contribution is 5.71. The van der Waals surface area contributed by atoms with Gasteiger partial charge in [0.05, 0.1) is 0 Å². The van der Waals surface area contributed by atoms with E-state index in [9.17, 15) is 4.39 Å². The smallest absolute Gasteiger partial charge is 0.131 e. The standard InChI is InChI=1S/C13H14FN3/c1-8-16-12(9-3-2-4-10(14)7-9)13(15)17(8)11-5-6-11/h2-4,7,11H,5-6,15H2,1H3. The van der Waals surface area contributed by atoms with Crippen LogP contribution < -0.4 is 5.73 Å². The van der Waals surface area contributed by atoms with E-state index in [1.165, 1.54) is 12.1 Å². The van der Waals surface area contributed by atoms with E-state index < -0.39 is 0 Å². The molecule has 1 saturated carbocycles. The third-order valence-electron chi connectivity index (χ3n) is 3.13. The molecule has 0 bridgehead atoms. The third kappa shape index (κ3) is 1.69. The Morgan fingerprint density at radius 1 is 1.41 bits per heavy atom. The van der Waals surface area contributed by atoms with Gasteiger partial charge in [-0.15, -0.1) is 0 Å². The van der Waals surface area contributed by atoms with Crippen LogP contribution in [0.5, 0.6) is 0 Å². The van der Waals surface area contributed by atoms with Gasteiger partial charge in [-0.1, -0.05) is 12.1 Å². The molecule has 0 saturated heterocycles. The first-order valence-corrected chi connectivity index (χ1v) is 5.77. The number of aryl methyl sites for hydroxylation is 1. The summed E-state index contributed by atoms with van der Waals surface area (Å²) in [5, 5.41) is 0. The number of nitrogens with zero attached hydrogens (tertiary/aromatic N) is 2. The molecule has 0 atom stereocenters. The molecule has 17 heavy (non-hydrogen) atoms. The molecule has 88 valence electrons. The Morgan fingerprint density at radius 3 is 2.82 bits per heavy atom. The van der Waals surface area contributed by atoms with E-state index in [0.29, 0.717) is 17.6 Å². The second kappa shape index (κ2) is 3.58. The highest BCUT2D eigenvalue weighted by Crippen LogP contribution is 2.40. The van der Waals surface area contributed by atoms with Crippen molar-refractivity contribution in [1.29, 1.82) is 0 Å². The van der Waals surface area contributed by atoms with Crippen molar-refractivity contribution in [2.45, 2.75) is 25.8 Å². The van der Waals surface area contributed by atoms with E-state index in [-0.39, 0.29) is 5.82 Å². The number of rotatable bonds is 2. The second-order valence-corrected chi connectivity index (χ2v) is 4.50. The Morgan fingerprint density at radius 2 is 2.18 bits per heavy atom. The summed E-state index contributed by atoms with van der Waals surface area (Å²) in [6.07, 6.45) is 2.31. The summed E-state index contributed by atoms with van der Waals surface area (Å²) >= 11 is 0. The molecule has 1 aromatic carbocycles. The van der Waals surface area contributed by atoms with E-state index >= 15 is 0 Å². The van der Waals surface area contributed by atoms with Gasteiger partial charge in [-0.3, -0.25) is 0 Å². The first-order valence-electron chi connectivity index (χ1n) is 5.77. The summed E-state index contributed by atoms with van der Waals surface area (Å²) < 4.78 is 15.2. The Kier molecular flexibility index (Phi) is 2.18. The molecule has 1 aliphatic carbocycles. The van der Waals surface area contributed by atoms with Crippen molar-refractivity contribution < 1.29 is 4.39 Å². The highest BCUT2D eigenvalue weighted by Gasteiger charge is 2.28. The van der Waals surface area contributed by atoms with E-state index in [2.05, 4.69) is 9.55 Å². The summed E-state index contributed by atoms with van der Waals surface area (Å²) in [4.78, 5) is 4.45. The predicted octanol–water partition coefficient (Wildman–Crippen LogP) is 2.91. The van der Waals surface area contributed by atoms with Crippen LogP contribution in [0.1, 0.15) is 24.7 Å². The molecular weight excluding hydrogens is 217 g/mol. The molecule has 1 heterocycles. The minimum Gasteiger partial charge on any atom is -0.383 e. The number of nitrogens with two attached hydrogens (primary N) is 1. The Labute approximate surface area is 99.1 Å². The quantitative estimate of drug-likeness (QED) is 0.863. The van der Waals surface area contributed by atoms with E-state index in [1.807, 2.05) is 13.0 Å². The van der Waals surface area contributed by atoms with Gasteiger partial charge in [0.25, 0.3) is 0 Å². The van der Waals surface area contributed by atoms with Gasteiger partial charge in [-0.2, -0.15) is 0 Å². The molecule has 1 aliphatic rings. The lowest BCUT2D eigenvalue weighted by molar-refractivity contribution is 0.628. The lowest BCUT2D eigenvalue weighted by atomic mass is 10.1. The van der Waals surface area contributed by atoms with E-state index in [4.69, 9.17) is 5.73 Å². The third-order valence-corrected chi connectivity index (χ3v) is 3.13. The van der Waals surface area contributed by atoms with Crippen LogP contribution in [0.25, 0.3) is 11.3 Å². The summed E-state index contributed by atoms with van der Waals surface area (Å²) in [6.45, 7) is 1.94. The first-order chi connectivity index (χ1) is 8.16. The van der Waals surface area contributed by atoms with Crippen molar-refractivity contribution >= 4 is 5.82 Å². The van der Waals surface area contributed by atoms with Crippen LogP contribution in [0.2, 0.25) is 0 Å². The average Bonchev–Trinajstić information content (AvgIpc) is 3.06. The number of nitrogen functional groups attached to an aromatic ring is 1. The molecule has 0 aliphatic heterocycles. The molecule has 2 aromatic rings. The van der Waals surface area contributed by atoms with Crippen LogP contribution in [0.4, 0.5) is 10.2 Å². The van der Waals surface area contributed by atoms with Crippen molar-refractivity contribution in [2.24, 2.45) is 0 Å². The van der Waals surface area contributed by atoms with Crippen LogP contribution in [-0.4, -0.2) is 9.55 Å². The summed E-state index contributed by atoms with van der Waals surface area (Å²) in [6, 6.07) is 6.89. The van der Waals surface area contributed by atoms with Gasteiger partial charge in [0.2, 0.25) is 0 Å². The number of hydrogen-bond acceptors (Lipinski definition) is 2. The number of hydrogen-bond donors (Lipinski definition) is 1. The zero-order chi connectivity index (χ0) is 12.0. The van der Waals surface area contributed by atoms with E-state index in [1.54, 1.807) is 6.07 Å². The zero-order valence-corrected chi connectivity index (χ0v) is 9.65. The van der Waals surface area contributed by atoms with Crippen LogP contribution in [0, 0.1) is 12.7 Å². The van der Waals surface area contributed by atoms with Crippen molar-refractivity contribution in [2.75, 3.05) is 5.73 Å². The minimum atomic E-state index is -0.263. The maximum absolute atomic E-state index is 13.2. The molecule has 0 spiro atoms. The van der Waals surface area contributed by atoms with E-state index in [0.717, 1.165) is 24.2 Å². The maximum atomic E-state index is 13.2. The van der Waals surface area contributed by atoms with Gasteiger partial charge in [-0.25, -0.2) is 9.37 Å². The number of anilines is 1. The molecule has 0 radical (unpaired) electrons. The Balaban J connectivity index is 2.12. The van der Waals surface area contributed by atoms with Crippen LogP contribution >= 0.6 is 0 Å². The number of benzene rings is 1. The fraction of sp³-hybridized carbons (Fsp3) is 0.308. The fourth-order valence-electron chi connectivity index (χ4n) is 2.20. The predicted molar refractivity (Wildman–Crippen MR) is 65.0 cm³/mol. The van der Waals surface area contributed by atoms with Crippen LogP contribution in [-0.2, 0) is 0 Å². The first kappa shape index (κ1) is 10.3. The normalized spacial score (nSPS) is 15.2. The number of aromatic nitrogens is 2. The zero-order valence-electron chi connectivity index (χ0n) is 9.65. The molecule has 1 aromatic heterocycles. The topological polar surface area (TPSA) is 43.8 Å². The average molecular weight is 231 g/mol. The second-order valence-electron chi connectivity index (χ2n) is 4.50. The summed E-state index contributed by atoms with van der Waals surface area (Å²) in [7, 11) is 0. The minimum absolute atomic E-state index is 0.263. The molecule has 0 unspecified atom stereocenters. The summed E-state index contributed by atoms with van der Waals surface area (Å²) in [5.41, 5.74) is 7.53. The molecule has 3 nitrogen and oxygen atoms in total. The van der Waals surface area contributed by atoms with Gasteiger partial charge in [0.1, 0.15) is 23.2 Å². The van der Waals surface area contributed by atoms with Crippen molar-refractivity contribution in [3.8, 4) is 11.3 Å². The molecule has 3 rings (SSSR count). The SMILES string of the molecule is Cc1nc(-c2cccc(F)c2)c(N)n1C1CC1. The molecule has 2 N–H and O–H groups in total. The van der Waals surface area contributed by atoms with Gasteiger partial charge in [0.15, 0.2) is 0 Å². The summed E-state index contributed by atoms with van der Waals surface area (Å²) in [5.74, 6) is 1.29. The largest absolute Gasteiger partial charge is 0.383 e. The lowest BCUT2D eigenvalue weighted by Crippen LogP contribution is -2.02. The molecule has 4 heteroatoms. The van der Waals surface area contributed by atoms with Crippen molar-refractivity contribution in [1.82, 2.24) is 9.55 Å². The monoisotopic (exact) mass is 231 g/mol. The Hall–Kier alpha value is -1.84. The van der Waals surface area contributed by atoms with Gasteiger partial charge in [0, 0.05) is 11.6 Å². The van der Waals surface area contributed by atoms with Crippen molar-refractivity contribution in [3.05, 3.63) is 35.9 Å². The Bertz CT molecular complexity index is 570. The molecule has 1 fully saturated rings. The van der Waals surface area contributed by atoms with Gasteiger partial charge >= 0.3 is 0 Å². The van der Waals surface area contributed by atoms with Crippen LogP contribution in [0.3, 0.4) is 0 Å². The maximum Gasteiger partial charge on any atom is 0.131 e. The highest BCUT2D eigenvalue weighted by atomic mass is 19.1. The van der Waals surface area contributed by atoms with Gasteiger partial charge < -0.3 is 10.3 Å². The lowest BCUT2D eigenvalue weighted by Gasteiger charge is -2.05. The molecule has 0 amide bonds.